The average Bonchev–Trinajstić information content (AvgIpc) is 2.86. The number of hydrogen-bond acceptors (Lipinski definition) is 4. The average molecular weight is 274 g/mol. The molecule has 106 valence electrons. The summed E-state index contributed by atoms with van der Waals surface area (Å²) in [7, 11) is 1.78. The highest BCUT2D eigenvalue weighted by Gasteiger charge is 2.07. The summed E-state index contributed by atoms with van der Waals surface area (Å²) in [5.41, 5.74) is 1.31. The van der Waals surface area contributed by atoms with E-state index in [0.29, 0.717) is 31.1 Å². The maximum absolute atomic E-state index is 11.8. The lowest BCUT2D eigenvalue weighted by atomic mass is 10.2. The molecular weight excluding hydrogens is 256 g/mol. The topological polar surface area (TPSA) is 69.0 Å². The molecule has 2 aromatic heterocycles. The van der Waals surface area contributed by atoms with E-state index in [9.17, 15) is 4.79 Å². The van der Waals surface area contributed by atoms with E-state index in [-0.39, 0.29) is 5.91 Å². The van der Waals surface area contributed by atoms with Gasteiger partial charge in [0.2, 0.25) is 5.88 Å². The van der Waals surface area contributed by atoms with Gasteiger partial charge in [0, 0.05) is 38.0 Å². The Labute approximate surface area is 117 Å². The zero-order chi connectivity index (χ0) is 14.4. The molecule has 0 spiro atoms. The Morgan fingerprint density at radius 1 is 1.40 bits per heavy atom. The van der Waals surface area contributed by atoms with Crippen LogP contribution in [0.5, 0.6) is 5.88 Å². The Balaban J connectivity index is 1.83. The first kappa shape index (κ1) is 14.0. The van der Waals surface area contributed by atoms with E-state index in [1.54, 1.807) is 24.0 Å². The number of aromatic nitrogens is 3. The third-order valence-corrected chi connectivity index (χ3v) is 2.69. The number of carbonyl (C=O) groups is 1. The van der Waals surface area contributed by atoms with Crippen LogP contribution in [-0.4, -0.2) is 33.8 Å². The molecule has 0 aliphatic rings. The van der Waals surface area contributed by atoms with Crippen LogP contribution in [0.15, 0.2) is 30.5 Å². The molecule has 2 heterocycles. The Morgan fingerprint density at radius 3 is 2.95 bits per heavy atom. The van der Waals surface area contributed by atoms with Crippen molar-refractivity contribution in [3.63, 3.8) is 0 Å². The second kappa shape index (κ2) is 6.70. The highest BCUT2D eigenvalue weighted by atomic mass is 16.5. The van der Waals surface area contributed by atoms with Crippen LogP contribution in [-0.2, 0) is 13.5 Å². The first-order chi connectivity index (χ1) is 9.69. The van der Waals surface area contributed by atoms with Crippen LogP contribution in [0.2, 0.25) is 0 Å². The smallest absolute Gasteiger partial charge is 0.271 e. The lowest BCUT2D eigenvalue weighted by molar-refractivity contribution is 0.0948. The van der Waals surface area contributed by atoms with Crippen molar-refractivity contribution in [1.29, 1.82) is 0 Å². The standard InChI is InChI=1S/C14H18N4O2/c1-3-20-13-6-4-5-11(16-13)7-9-15-14(19)12-8-10-18(2)17-12/h4-6,8,10H,3,7,9H2,1-2H3,(H,15,19). The van der Waals surface area contributed by atoms with Crippen molar-refractivity contribution in [3.05, 3.63) is 41.9 Å². The summed E-state index contributed by atoms with van der Waals surface area (Å²) in [6, 6.07) is 7.31. The van der Waals surface area contributed by atoms with Gasteiger partial charge < -0.3 is 10.1 Å². The van der Waals surface area contributed by atoms with E-state index < -0.39 is 0 Å². The number of ether oxygens (including phenoxy) is 1. The molecule has 2 rings (SSSR count). The lowest BCUT2D eigenvalue weighted by Crippen LogP contribution is -2.26. The molecule has 0 atom stereocenters. The molecular formula is C14H18N4O2. The van der Waals surface area contributed by atoms with Gasteiger partial charge in [-0.15, -0.1) is 0 Å². The van der Waals surface area contributed by atoms with Gasteiger partial charge >= 0.3 is 0 Å². The van der Waals surface area contributed by atoms with Gasteiger partial charge in [-0.3, -0.25) is 9.48 Å². The van der Waals surface area contributed by atoms with Crippen LogP contribution in [0.1, 0.15) is 23.1 Å². The monoisotopic (exact) mass is 274 g/mol. The van der Waals surface area contributed by atoms with Crippen molar-refractivity contribution >= 4 is 5.91 Å². The first-order valence-electron chi connectivity index (χ1n) is 6.55. The van der Waals surface area contributed by atoms with Crippen molar-refractivity contribution in [3.8, 4) is 5.88 Å². The van der Waals surface area contributed by atoms with Crippen molar-refractivity contribution in [1.82, 2.24) is 20.1 Å². The summed E-state index contributed by atoms with van der Waals surface area (Å²) in [5, 5.41) is 6.86. The van der Waals surface area contributed by atoms with Crippen LogP contribution in [0.25, 0.3) is 0 Å². The van der Waals surface area contributed by atoms with Crippen LogP contribution < -0.4 is 10.1 Å². The van der Waals surface area contributed by atoms with Crippen molar-refractivity contribution in [2.75, 3.05) is 13.2 Å². The molecule has 0 saturated heterocycles. The number of rotatable bonds is 6. The Kier molecular flexibility index (Phi) is 4.70. The molecule has 6 nitrogen and oxygen atoms in total. The molecule has 0 bridgehead atoms. The van der Waals surface area contributed by atoms with E-state index in [2.05, 4.69) is 15.4 Å². The third kappa shape index (κ3) is 3.81. The summed E-state index contributed by atoms with van der Waals surface area (Å²) in [6.45, 7) is 3.02. The maximum atomic E-state index is 11.8. The molecule has 0 aromatic carbocycles. The Bertz CT molecular complexity index is 580. The summed E-state index contributed by atoms with van der Waals surface area (Å²) in [4.78, 5) is 16.1. The minimum absolute atomic E-state index is 0.174. The molecule has 0 fully saturated rings. The normalized spacial score (nSPS) is 10.3. The number of aryl methyl sites for hydroxylation is 1. The number of pyridine rings is 1. The predicted molar refractivity (Wildman–Crippen MR) is 74.7 cm³/mol. The zero-order valence-electron chi connectivity index (χ0n) is 11.7. The van der Waals surface area contributed by atoms with Gasteiger partial charge in [0.1, 0.15) is 5.69 Å². The minimum atomic E-state index is -0.174. The van der Waals surface area contributed by atoms with Gasteiger partial charge in [-0.2, -0.15) is 5.10 Å². The van der Waals surface area contributed by atoms with Gasteiger partial charge in [-0.05, 0) is 19.1 Å². The molecule has 20 heavy (non-hydrogen) atoms. The summed E-state index contributed by atoms with van der Waals surface area (Å²) >= 11 is 0. The number of nitrogens with zero attached hydrogens (tertiary/aromatic N) is 3. The van der Waals surface area contributed by atoms with E-state index in [1.807, 2.05) is 25.1 Å². The SMILES string of the molecule is CCOc1cccc(CCNC(=O)c2ccn(C)n2)n1. The molecule has 0 aliphatic heterocycles. The minimum Gasteiger partial charge on any atom is -0.478 e. The fourth-order valence-corrected chi connectivity index (χ4v) is 1.76. The van der Waals surface area contributed by atoms with Gasteiger partial charge in [-0.1, -0.05) is 6.07 Å². The quantitative estimate of drug-likeness (QED) is 0.859. The van der Waals surface area contributed by atoms with Crippen LogP contribution in [0.4, 0.5) is 0 Å². The van der Waals surface area contributed by atoms with Crippen LogP contribution >= 0.6 is 0 Å². The van der Waals surface area contributed by atoms with Crippen molar-refractivity contribution < 1.29 is 9.53 Å². The van der Waals surface area contributed by atoms with Crippen LogP contribution in [0.3, 0.4) is 0 Å². The summed E-state index contributed by atoms with van der Waals surface area (Å²) in [6.07, 6.45) is 2.39. The predicted octanol–water partition coefficient (Wildman–Crippen LogP) is 1.19. The van der Waals surface area contributed by atoms with Gasteiger partial charge in [-0.25, -0.2) is 4.98 Å². The van der Waals surface area contributed by atoms with Gasteiger partial charge in [0.25, 0.3) is 5.91 Å². The molecule has 6 heteroatoms. The summed E-state index contributed by atoms with van der Waals surface area (Å²) in [5.74, 6) is 0.438. The summed E-state index contributed by atoms with van der Waals surface area (Å²) < 4.78 is 6.93. The first-order valence-corrected chi connectivity index (χ1v) is 6.55. The second-order valence-electron chi connectivity index (χ2n) is 4.28. The third-order valence-electron chi connectivity index (χ3n) is 2.69. The van der Waals surface area contributed by atoms with E-state index >= 15 is 0 Å². The molecule has 2 aromatic rings. The van der Waals surface area contributed by atoms with Gasteiger partial charge in [0.05, 0.1) is 6.61 Å². The number of carbonyl (C=O) groups excluding carboxylic acids is 1. The zero-order valence-corrected chi connectivity index (χ0v) is 11.7. The lowest BCUT2D eigenvalue weighted by Gasteiger charge is -2.05. The van der Waals surface area contributed by atoms with Gasteiger partial charge in [0.15, 0.2) is 0 Å². The molecule has 0 unspecified atom stereocenters. The highest BCUT2D eigenvalue weighted by molar-refractivity contribution is 5.92. The van der Waals surface area contributed by atoms with E-state index in [4.69, 9.17) is 4.74 Å². The van der Waals surface area contributed by atoms with Crippen molar-refractivity contribution in [2.24, 2.45) is 7.05 Å². The molecule has 1 amide bonds. The van der Waals surface area contributed by atoms with Crippen molar-refractivity contribution in [2.45, 2.75) is 13.3 Å². The highest BCUT2D eigenvalue weighted by Crippen LogP contribution is 2.07. The van der Waals surface area contributed by atoms with E-state index in [1.165, 1.54) is 0 Å². The fourth-order valence-electron chi connectivity index (χ4n) is 1.76. The van der Waals surface area contributed by atoms with E-state index in [0.717, 1.165) is 5.69 Å². The second-order valence-corrected chi connectivity index (χ2v) is 4.28. The maximum Gasteiger partial charge on any atom is 0.271 e. The number of hydrogen-bond donors (Lipinski definition) is 1. The molecule has 0 aliphatic carbocycles. The fraction of sp³-hybridized carbons (Fsp3) is 0.357. The Morgan fingerprint density at radius 2 is 2.25 bits per heavy atom. The number of nitrogens with one attached hydrogen (secondary N) is 1. The Hall–Kier alpha value is -2.37. The number of amides is 1. The molecule has 0 saturated carbocycles. The van der Waals surface area contributed by atoms with Crippen LogP contribution in [0, 0.1) is 0 Å². The largest absolute Gasteiger partial charge is 0.478 e. The molecule has 0 radical (unpaired) electrons. The molecule has 1 N–H and O–H groups in total.